The SMILES string of the molecule is Oc1ccc(C2CCC(C3CC=CC3)OC2)c(F)c1F. The van der Waals surface area contributed by atoms with E-state index in [0.29, 0.717) is 18.1 Å². The van der Waals surface area contributed by atoms with Crippen LogP contribution in [0.4, 0.5) is 8.78 Å². The zero-order chi connectivity index (χ0) is 14.1. The molecule has 2 unspecified atom stereocenters. The van der Waals surface area contributed by atoms with Crippen molar-refractivity contribution in [2.75, 3.05) is 6.61 Å². The second kappa shape index (κ2) is 5.52. The lowest BCUT2D eigenvalue weighted by molar-refractivity contribution is -0.0286. The molecule has 2 atom stereocenters. The molecular formula is C16H18F2O2. The lowest BCUT2D eigenvalue weighted by Gasteiger charge is -2.33. The summed E-state index contributed by atoms with van der Waals surface area (Å²) in [5.74, 6) is -2.34. The molecule has 1 aromatic carbocycles. The fraction of sp³-hybridized carbons (Fsp3) is 0.500. The van der Waals surface area contributed by atoms with Gasteiger partial charge in [-0.3, -0.25) is 0 Å². The first kappa shape index (κ1) is 13.6. The summed E-state index contributed by atoms with van der Waals surface area (Å²) in [7, 11) is 0. The highest BCUT2D eigenvalue weighted by Gasteiger charge is 2.31. The van der Waals surface area contributed by atoms with Crippen LogP contribution < -0.4 is 0 Å². The molecule has 3 rings (SSSR count). The Balaban J connectivity index is 1.67. The van der Waals surface area contributed by atoms with Crippen LogP contribution in [-0.2, 0) is 4.74 Å². The summed E-state index contributed by atoms with van der Waals surface area (Å²) in [6.07, 6.45) is 8.35. The average molecular weight is 280 g/mol. The van der Waals surface area contributed by atoms with Crippen LogP contribution in [0.15, 0.2) is 24.3 Å². The Hall–Kier alpha value is -1.42. The van der Waals surface area contributed by atoms with E-state index in [1.54, 1.807) is 0 Å². The van der Waals surface area contributed by atoms with E-state index >= 15 is 0 Å². The molecular weight excluding hydrogens is 262 g/mol. The Kier molecular flexibility index (Phi) is 3.74. The standard InChI is InChI=1S/C16H18F2O2/c17-15-12(6-7-13(19)16(15)18)11-5-8-14(20-9-11)10-3-1-2-4-10/h1-2,6-7,10-11,14,19H,3-5,8-9H2. The zero-order valence-corrected chi connectivity index (χ0v) is 11.2. The fourth-order valence-corrected chi connectivity index (χ4v) is 3.20. The van der Waals surface area contributed by atoms with Gasteiger partial charge in [-0.15, -0.1) is 0 Å². The Bertz CT molecular complexity index is 511. The number of allylic oxidation sites excluding steroid dienone is 2. The molecule has 1 aliphatic carbocycles. The van der Waals surface area contributed by atoms with Gasteiger partial charge in [0.25, 0.3) is 0 Å². The van der Waals surface area contributed by atoms with Crippen molar-refractivity contribution < 1.29 is 18.6 Å². The minimum absolute atomic E-state index is 0.129. The van der Waals surface area contributed by atoms with E-state index in [4.69, 9.17) is 9.84 Å². The van der Waals surface area contributed by atoms with Crippen molar-refractivity contribution in [2.45, 2.75) is 37.7 Å². The van der Waals surface area contributed by atoms with Gasteiger partial charge in [-0.2, -0.15) is 4.39 Å². The second-order valence-electron chi connectivity index (χ2n) is 5.65. The maximum absolute atomic E-state index is 13.8. The van der Waals surface area contributed by atoms with Gasteiger partial charge in [0.2, 0.25) is 5.82 Å². The van der Waals surface area contributed by atoms with Gasteiger partial charge in [-0.25, -0.2) is 4.39 Å². The summed E-state index contributed by atoms with van der Waals surface area (Å²) in [5.41, 5.74) is 0.309. The summed E-state index contributed by atoms with van der Waals surface area (Å²) in [5, 5.41) is 9.16. The Morgan fingerprint density at radius 1 is 1.05 bits per heavy atom. The lowest BCUT2D eigenvalue weighted by Crippen LogP contribution is -2.30. The van der Waals surface area contributed by atoms with Gasteiger partial charge < -0.3 is 9.84 Å². The van der Waals surface area contributed by atoms with Crippen molar-refractivity contribution in [1.82, 2.24) is 0 Å². The third-order valence-electron chi connectivity index (χ3n) is 4.41. The minimum atomic E-state index is -1.16. The number of hydrogen-bond donors (Lipinski definition) is 1. The van der Waals surface area contributed by atoms with Crippen LogP contribution in [-0.4, -0.2) is 17.8 Å². The molecule has 108 valence electrons. The first-order valence-electron chi connectivity index (χ1n) is 7.10. The van der Waals surface area contributed by atoms with E-state index in [2.05, 4.69) is 12.2 Å². The normalized spacial score (nSPS) is 27.1. The molecule has 1 aromatic rings. The molecule has 2 nitrogen and oxygen atoms in total. The molecule has 20 heavy (non-hydrogen) atoms. The molecule has 0 aromatic heterocycles. The maximum Gasteiger partial charge on any atom is 0.200 e. The molecule has 0 radical (unpaired) electrons. The van der Waals surface area contributed by atoms with E-state index in [0.717, 1.165) is 25.7 Å². The van der Waals surface area contributed by atoms with E-state index in [1.165, 1.54) is 12.1 Å². The summed E-state index contributed by atoms with van der Waals surface area (Å²) in [6.45, 7) is 0.419. The Morgan fingerprint density at radius 2 is 1.80 bits per heavy atom. The van der Waals surface area contributed by atoms with Gasteiger partial charge in [0.15, 0.2) is 11.6 Å². The minimum Gasteiger partial charge on any atom is -0.505 e. The number of aromatic hydroxyl groups is 1. The molecule has 1 fully saturated rings. The molecule has 1 N–H and O–H groups in total. The van der Waals surface area contributed by atoms with E-state index < -0.39 is 17.4 Å². The van der Waals surface area contributed by atoms with Crippen LogP contribution in [0.5, 0.6) is 5.75 Å². The smallest absolute Gasteiger partial charge is 0.200 e. The van der Waals surface area contributed by atoms with Gasteiger partial charge in [-0.05, 0) is 43.2 Å². The third-order valence-corrected chi connectivity index (χ3v) is 4.41. The first-order chi connectivity index (χ1) is 9.66. The number of halogens is 2. The Labute approximate surface area is 117 Å². The molecule has 2 aliphatic rings. The number of phenols is 1. The molecule has 1 saturated heterocycles. The number of phenolic OH excluding ortho intramolecular Hbond substituents is 1. The summed E-state index contributed by atoms with van der Waals surface area (Å²) in [6, 6.07) is 2.67. The van der Waals surface area contributed by atoms with Crippen LogP contribution in [0.25, 0.3) is 0 Å². The van der Waals surface area contributed by atoms with Crippen molar-refractivity contribution in [3.05, 3.63) is 41.5 Å². The van der Waals surface area contributed by atoms with E-state index in [-0.39, 0.29) is 12.0 Å². The number of hydrogen-bond acceptors (Lipinski definition) is 2. The Morgan fingerprint density at radius 3 is 2.45 bits per heavy atom. The third kappa shape index (κ3) is 2.44. The highest BCUT2D eigenvalue weighted by molar-refractivity contribution is 5.32. The molecule has 0 spiro atoms. The van der Waals surface area contributed by atoms with Crippen molar-refractivity contribution in [2.24, 2.45) is 5.92 Å². The molecule has 1 heterocycles. The highest BCUT2D eigenvalue weighted by atomic mass is 19.2. The van der Waals surface area contributed by atoms with E-state index in [9.17, 15) is 8.78 Å². The summed E-state index contributed by atoms with van der Waals surface area (Å²) in [4.78, 5) is 0. The fourth-order valence-electron chi connectivity index (χ4n) is 3.20. The molecule has 0 saturated carbocycles. The van der Waals surface area contributed by atoms with Crippen LogP contribution in [0.2, 0.25) is 0 Å². The quantitative estimate of drug-likeness (QED) is 0.833. The van der Waals surface area contributed by atoms with Crippen molar-refractivity contribution in [3.63, 3.8) is 0 Å². The van der Waals surface area contributed by atoms with Crippen LogP contribution in [0, 0.1) is 17.6 Å². The lowest BCUT2D eigenvalue weighted by atomic mass is 9.86. The van der Waals surface area contributed by atoms with Crippen LogP contribution in [0.1, 0.15) is 37.2 Å². The van der Waals surface area contributed by atoms with Gasteiger partial charge >= 0.3 is 0 Å². The second-order valence-corrected chi connectivity index (χ2v) is 5.65. The van der Waals surface area contributed by atoms with E-state index in [1.807, 2.05) is 0 Å². The first-order valence-corrected chi connectivity index (χ1v) is 7.10. The number of rotatable bonds is 2. The molecule has 0 bridgehead atoms. The average Bonchev–Trinajstić information content (AvgIpc) is 3.00. The van der Waals surface area contributed by atoms with Gasteiger partial charge in [0.05, 0.1) is 12.7 Å². The van der Waals surface area contributed by atoms with Gasteiger partial charge in [0, 0.05) is 5.92 Å². The number of ether oxygens (including phenoxy) is 1. The van der Waals surface area contributed by atoms with Crippen molar-refractivity contribution in [1.29, 1.82) is 0 Å². The predicted octanol–water partition coefficient (Wildman–Crippen LogP) is 3.90. The molecule has 4 heteroatoms. The summed E-state index contributed by atoms with van der Waals surface area (Å²) < 4.78 is 33.1. The molecule has 1 aliphatic heterocycles. The van der Waals surface area contributed by atoms with Gasteiger partial charge in [-0.1, -0.05) is 18.2 Å². The van der Waals surface area contributed by atoms with Crippen molar-refractivity contribution in [3.8, 4) is 5.75 Å². The summed E-state index contributed by atoms with van der Waals surface area (Å²) >= 11 is 0. The number of benzene rings is 1. The van der Waals surface area contributed by atoms with Crippen molar-refractivity contribution >= 4 is 0 Å². The highest BCUT2D eigenvalue weighted by Crippen LogP contribution is 2.36. The van der Waals surface area contributed by atoms with Crippen LogP contribution in [0.3, 0.4) is 0 Å². The molecule has 0 amide bonds. The van der Waals surface area contributed by atoms with Gasteiger partial charge in [0.1, 0.15) is 0 Å². The monoisotopic (exact) mass is 280 g/mol. The largest absolute Gasteiger partial charge is 0.505 e. The predicted molar refractivity (Wildman–Crippen MR) is 71.6 cm³/mol. The zero-order valence-electron chi connectivity index (χ0n) is 11.2. The topological polar surface area (TPSA) is 29.5 Å². The van der Waals surface area contributed by atoms with Crippen LogP contribution >= 0.6 is 0 Å². The maximum atomic E-state index is 13.8.